The van der Waals surface area contributed by atoms with Crippen LogP contribution in [0.5, 0.6) is 0 Å². The van der Waals surface area contributed by atoms with Crippen LogP contribution in [0.15, 0.2) is 11.6 Å². The molecular formula is C8H10O3. The standard InChI is InChI=1S/C8H10O3/c1-6(9)11-5-7-3-2-4-8(7)10/h3H,2,4-5H2,1H3. The Morgan fingerprint density at radius 2 is 2.45 bits per heavy atom. The molecule has 0 saturated carbocycles. The maximum atomic E-state index is 10.9. The summed E-state index contributed by atoms with van der Waals surface area (Å²) in [6, 6.07) is 0. The Morgan fingerprint density at radius 1 is 1.73 bits per heavy atom. The smallest absolute Gasteiger partial charge is 0.302 e. The van der Waals surface area contributed by atoms with Crippen molar-refractivity contribution in [2.75, 3.05) is 6.61 Å². The first-order valence-electron chi connectivity index (χ1n) is 3.56. The van der Waals surface area contributed by atoms with Crippen LogP contribution < -0.4 is 0 Å². The molecule has 1 aliphatic carbocycles. The van der Waals surface area contributed by atoms with Gasteiger partial charge >= 0.3 is 5.97 Å². The van der Waals surface area contributed by atoms with Crippen LogP contribution in [0.4, 0.5) is 0 Å². The number of ether oxygens (including phenoxy) is 1. The summed E-state index contributed by atoms with van der Waals surface area (Å²) in [6.07, 6.45) is 3.18. The van der Waals surface area contributed by atoms with Crippen molar-refractivity contribution in [1.82, 2.24) is 0 Å². The van der Waals surface area contributed by atoms with Crippen LogP contribution in [0.2, 0.25) is 0 Å². The van der Waals surface area contributed by atoms with Crippen LogP contribution in [0, 0.1) is 0 Å². The fourth-order valence-electron chi connectivity index (χ4n) is 0.971. The normalized spacial score (nSPS) is 16.5. The second kappa shape index (κ2) is 3.32. The van der Waals surface area contributed by atoms with Gasteiger partial charge in [-0.2, -0.15) is 0 Å². The van der Waals surface area contributed by atoms with E-state index in [2.05, 4.69) is 4.74 Å². The summed E-state index contributed by atoms with van der Waals surface area (Å²) in [5.74, 6) is -0.239. The summed E-state index contributed by atoms with van der Waals surface area (Å²) in [4.78, 5) is 21.3. The molecule has 0 aliphatic heterocycles. The molecule has 11 heavy (non-hydrogen) atoms. The number of Topliss-reactive ketones (excluding diaryl/α,β-unsaturated/α-hetero) is 1. The molecule has 0 unspecified atom stereocenters. The Labute approximate surface area is 65.0 Å². The molecule has 0 fully saturated rings. The number of rotatable bonds is 2. The highest BCUT2D eigenvalue weighted by Gasteiger charge is 2.15. The van der Waals surface area contributed by atoms with Gasteiger partial charge in [-0.15, -0.1) is 0 Å². The zero-order chi connectivity index (χ0) is 8.27. The average Bonchev–Trinajstić information content (AvgIpc) is 2.31. The minimum atomic E-state index is -0.342. The third-order valence-electron chi connectivity index (χ3n) is 1.55. The van der Waals surface area contributed by atoms with Gasteiger partial charge in [0.1, 0.15) is 6.61 Å². The Hall–Kier alpha value is -1.12. The number of ketones is 1. The lowest BCUT2D eigenvalue weighted by molar-refractivity contribution is -0.140. The lowest BCUT2D eigenvalue weighted by Crippen LogP contribution is -2.07. The first kappa shape index (κ1) is 7.98. The quantitative estimate of drug-likeness (QED) is 0.553. The molecule has 0 bridgehead atoms. The molecule has 60 valence electrons. The van der Waals surface area contributed by atoms with E-state index in [0.717, 1.165) is 6.42 Å². The number of hydrogen-bond donors (Lipinski definition) is 0. The number of esters is 1. The first-order valence-corrected chi connectivity index (χ1v) is 3.56. The summed E-state index contributed by atoms with van der Waals surface area (Å²) < 4.78 is 4.67. The van der Waals surface area contributed by atoms with Gasteiger partial charge in [-0.3, -0.25) is 9.59 Å². The summed E-state index contributed by atoms with van der Waals surface area (Å²) in [6.45, 7) is 1.48. The second-order valence-corrected chi connectivity index (χ2v) is 2.47. The molecule has 0 saturated heterocycles. The van der Waals surface area contributed by atoms with Gasteiger partial charge in [-0.25, -0.2) is 0 Å². The fourth-order valence-corrected chi connectivity index (χ4v) is 0.971. The predicted molar refractivity (Wildman–Crippen MR) is 39.0 cm³/mol. The summed E-state index contributed by atoms with van der Waals surface area (Å²) >= 11 is 0. The summed E-state index contributed by atoms with van der Waals surface area (Å²) in [5.41, 5.74) is 0.639. The highest BCUT2D eigenvalue weighted by Crippen LogP contribution is 2.13. The lowest BCUT2D eigenvalue weighted by Gasteiger charge is -1.99. The predicted octanol–water partition coefficient (Wildman–Crippen LogP) is 0.839. The average molecular weight is 154 g/mol. The molecule has 0 spiro atoms. The van der Waals surface area contributed by atoms with Crippen molar-refractivity contribution in [1.29, 1.82) is 0 Å². The van der Waals surface area contributed by atoms with Crippen LogP contribution in [-0.2, 0) is 14.3 Å². The molecule has 1 aliphatic rings. The van der Waals surface area contributed by atoms with Gasteiger partial charge in [0.2, 0.25) is 0 Å². The van der Waals surface area contributed by atoms with Gasteiger partial charge in [0.15, 0.2) is 5.78 Å². The van der Waals surface area contributed by atoms with Crippen molar-refractivity contribution >= 4 is 11.8 Å². The Bertz CT molecular complexity index is 215. The van der Waals surface area contributed by atoms with Crippen LogP contribution >= 0.6 is 0 Å². The van der Waals surface area contributed by atoms with Crippen molar-refractivity contribution < 1.29 is 14.3 Å². The zero-order valence-electron chi connectivity index (χ0n) is 6.42. The van der Waals surface area contributed by atoms with Gasteiger partial charge in [0, 0.05) is 18.9 Å². The van der Waals surface area contributed by atoms with Gasteiger partial charge in [0.25, 0.3) is 0 Å². The molecule has 0 amide bonds. The second-order valence-electron chi connectivity index (χ2n) is 2.47. The Kier molecular flexibility index (Phi) is 2.41. The molecule has 0 atom stereocenters. The van der Waals surface area contributed by atoms with Crippen LogP contribution in [0.25, 0.3) is 0 Å². The van der Waals surface area contributed by atoms with Gasteiger partial charge in [0.05, 0.1) is 0 Å². The number of allylic oxidation sites excluding steroid dienone is 1. The molecular weight excluding hydrogens is 144 g/mol. The van der Waals surface area contributed by atoms with Crippen molar-refractivity contribution in [2.45, 2.75) is 19.8 Å². The van der Waals surface area contributed by atoms with E-state index in [0.29, 0.717) is 12.0 Å². The first-order chi connectivity index (χ1) is 5.20. The van der Waals surface area contributed by atoms with Crippen molar-refractivity contribution in [2.24, 2.45) is 0 Å². The Balaban J connectivity index is 2.37. The van der Waals surface area contributed by atoms with Crippen molar-refractivity contribution in [3.63, 3.8) is 0 Å². The molecule has 0 aromatic carbocycles. The molecule has 0 heterocycles. The number of carbonyl (C=O) groups is 2. The molecule has 0 aromatic heterocycles. The molecule has 3 heteroatoms. The van der Waals surface area contributed by atoms with Crippen LogP contribution in [0.3, 0.4) is 0 Å². The zero-order valence-corrected chi connectivity index (χ0v) is 6.42. The van der Waals surface area contributed by atoms with E-state index >= 15 is 0 Å². The summed E-state index contributed by atoms with van der Waals surface area (Å²) in [7, 11) is 0. The van der Waals surface area contributed by atoms with Gasteiger partial charge in [-0.1, -0.05) is 6.08 Å². The number of carbonyl (C=O) groups excluding carboxylic acids is 2. The maximum absolute atomic E-state index is 10.9. The summed E-state index contributed by atoms with van der Waals surface area (Å²) in [5, 5.41) is 0. The van der Waals surface area contributed by atoms with E-state index < -0.39 is 0 Å². The molecule has 1 rings (SSSR count). The minimum Gasteiger partial charge on any atom is -0.461 e. The van der Waals surface area contributed by atoms with E-state index in [4.69, 9.17) is 0 Å². The largest absolute Gasteiger partial charge is 0.461 e. The minimum absolute atomic E-state index is 0.103. The molecule has 0 radical (unpaired) electrons. The lowest BCUT2D eigenvalue weighted by atomic mass is 10.2. The van der Waals surface area contributed by atoms with E-state index in [9.17, 15) is 9.59 Å². The highest BCUT2D eigenvalue weighted by atomic mass is 16.5. The maximum Gasteiger partial charge on any atom is 0.302 e. The number of hydrogen-bond acceptors (Lipinski definition) is 3. The molecule has 0 aromatic rings. The van der Waals surface area contributed by atoms with Crippen molar-refractivity contribution in [3.05, 3.63) is 11.6 Å². The van der Waals surface area contributed by atoms with E-state index in [1.165, 1.54) is 6.92 Å². The molecule has 3 nitrogen and oxygen atoms in total. The fraction of sp³-hybridized carbons (Fsp3) is 0.500. The Morgan fingerprint density at radius 3 is 2.91 bits per heavy atom. The third kappa shape index (κ3) is 2.18. The SMILES string of the molecule is CC(=O)OCC1=CCCC1=O. The van der Waals surface area contributed by atoms with E-state index in [-0.39, 0.29) is 18.4 Å². The van der Waals surface area contributed by atoms with Gasteiger partial charge in [-0.05, 0) is 6.42 Å². The monoisotopic (exact) mass is 154 g/mol. The van der Waals surface area contributed by atoms with E-state index in [1.807, 2.05) is 6.08 Å². The topological polar surface area (TPSA) is 43.4 Å². The third-order valence-corrected chi connectivity index (χ3v) is 1.55. The van der Waals surface area contributed by atoms with Crippen LogP contribution in [0.1, 0.15) is 19.8 Å². The van der Waals surface area contributed by atoms with Gasteiger partial charge < -0.3 is 4.74 Å². The van der Waals surface area contributed by atoms with Crippen molar-refractivity contribution in [3.8, 4) is 0 Å². The van der Waals surface area contributed by atoms with Crippen LogP contribution in [-0.4, -0.2) is 18.4 Å². The van der Waals surface area contributed by atoms with E-state index in [1.54, 1.807) is 0 Å². The molecule has 0 N–H and O–H groups in total. The highest BCUT2D eigenvalue weighted by molar-refractivity contribution is 5.97.